The highest BCUT2D eigenvalue weighted by Gasteiger charge is 2.29. The molecule has 1 aromatic heterocycles. The molecule has 0 bridgehead atoms. The predicted octanol–water partition coefficient (Wildman–Crippen LogP) is 3.16. The van der Waals surface area contributed by atoms with Gasteiger partial charge in [0, 0.05) is 22.9 Å². The van der Waals surface area contributed by atoms with Crippen LogP contribution in [0.5, 0.6) is 0 Å². The molecule has 3 N–H and O–H groups in total. The second-order valence-corrected chi connectivity index (χ2v) is 5.93. The van der Waals surface area contributed by atoms with Gasteiger partial charge in [-0.25, -0.2) is 4.98 Å². The molecule has 0 atom stereocenters. The van der Waals surface area contributed by atoms with Gasteiger partial charge in [-0.3, -0.25) is 9.59 Å². The van der Waals surface area contributed by atoms with Crippen LogP contribution >= 0.6 is 0 Å². The van der Waals surface area contributed by atoms with Gasteiger partial charge < -0.3 is 15.6 Å². The maximum absolute atomic E-state index is 12.3. The minimum absolute atomic E-state index is 0.0691. The molecular formula is C18H16N4O2. The molecule has 0 saturated heterocycles. The third-order valence-corrected chi connectivity index (χ3v) is 4.04. The topological polar surface area (TPSA) is 86.9 Å². The number of nitrogens with zero attached hydrogens (tertiary/aromatic N) is 1. The van der Waals surface area contributed by atoms with Crippen molar-refractivity contribution in [3.63, 3.8) is 0 Å². The molecule has 1 heterocycles. The Labute approximate surface area is 138 Å². The molecule has 120 valence electrons. The zero-order chi connectivity index (χ0) is 16.5. The molecule has 2 aromatic carbocycles. The first-order chi connectivity index (χ1) is 11.7. The number of fused-ring (bicyclic) bond motifs is 1. The first-order valence-electron chi connectivity index (χ1n) is 7.84. The summed E-state index contributed by atoms with van der Waals surface area (Å²) in [4.78, 5) is 31.2. The number of H-pyrrole nitrogens is 1. The highest BCUT2D eigenvalue weighted by Crippen LogP contribution is 2.30. The smallest absolute Gasteiger partial charge is 0.255 e. The lowest BCUT2D eigenvalue weighted by Gasteiger charge is -2.08. The van der Waals surface area contributed by atoms with E-state index >= 15 is 0 Å². The van der Waals surface area contributed by atoms with Gasteiger partial charge in [-0.15, -0.1) is 0 Å². The zero-order valence-corrected chi connectivity index (χ0v) is 12.9. The minimum atomic E-state index is -0.193. The Bertz CT molecular complexity index is 910. The van der Waals surface area contributed by atoms with Gasteiger partial charge in [0.2, 0.25) is 5.91 Å². The van der Waals surface area contributed by atoms with Gasteiger partial charge in [-0.1, -0.05) is 0 Å². The third-order valence-electron chi connectivity index (χ3n) is 4.04. The number of hydrogen-bond donors (Lipinski definition) is 3. The Morgan fingerprint density at radius 2 is 1.71 bits per heavy atom. The Morgan fingerprint density at radius 3 is 2.42 bits per heavy atom. The van der Waals surface area contributed by atoms with Crippen LogP contribution in [-0.4, -0.2) is 21.8 Å². The lowest BCUT2D eigenvalue weighted by atomic mass is 10.2. The predicted molar refractivity (Wildman–Crippen MR) is 91.8 cm³/mol. The van der Waals surface area contributed by atoms with Gasteiger partial charge >= 0.3 is 0 Å². The first kappa shape index (κ1) is 14.4. The maximum atomic E-state index is 12.3. The summed E-state index contributed by atoms with van der Waals surface area (Å²) in [6.07, 6.45) is 3.54. The van der Waals surface area contributed by atoms with Gasteiger partial charge in [-0.05, 0) is 55.3 Å². The summed E-state index contributed by atoms with van der Waals surface area (Å²) in [7, 11) is 0. The van der Waals surface area contributed by atoms with E-state index in [-0.39, 0.29) is 17.7 Å². The van der Waals surface area contributed by atoms with Crippen LogP contribution in [0.1, 0.15) is 23.2 Å². The van der Waals surface area contributed by atoms with Crippen molar-refractivity contribution >= 4 is 34.2 Å². The quantitative estimate of drug-likeness (QED) is 0.690. The van der Waals surface area contributed by atoms with Crippen molar-refractivity contribution in [2.75, 3.05) is 10.6 Å². The van der Waals surface area contributed by atoms with Crippen LogP contribution in [0.25, 0.3) is 11.0 Å². The first-order valence-corrected chi connectivity index (χ1v) is 7.84. The van der Waals surface area contributed by atoms with Crippen LogP contribution in [0.2, 0.25) is 0 Å². The number of anilines is 2. The zero-order valence-electron chi connectivity index (χ0n) is 12.9. The molecule has 1 aliphatic rings. The number of aromatic nitrogens is 2. The van der Waals surface area contributed by atoms with E-state index in [1.807, 2.05) is 0 Å². The Kier molecular flexibility index (Phi) is 3.49. The summed E-state index contributed by atoms with van der Waals surface area (Å²) < 4.78 is 0. The molecule has 1 aliphatic carbocycles. The van der Waals surface area contributed by atoms with Gasteiger partial charge in [-0.2, -0.15) is 0 Å². The standard InChI is InChI=1S/C18H16N4O2/c23-17(11-1-2-11)21-13-4-6-14(7-5-13)22-18(24)12-3-8-15-16(9-12)20-10-19-15/h3-11H,1-2H2,(H,19,20)(H,21,23)(H,22,24). The van der Waals surface area contributed by atoms with E-state index in [9.17, 15) is 9.59 Å². The van der Waals surface area contributed by atoms with Gasteiger partial charge in [0.05, 0.1) is 17.4 Å². The fourth-order valence-electron chi connectivity index (χ4n) is 2.51. The average molecular weight is 320 g/mol. The summed E-state index contributed by atoms with van der Waals surface area (Å²) in [5.74, 6) is 0.0442. The molecule has 0 radical (unpaired) electrons. The monoisotopic (exact) mass is 320 g/mol. The second-order valence-electron chi connectivity index (χ2n) is 5.93. The van der Waals surface area contributed by atoms with E-state index in [0.717, 1.165) is 29.6 Å². The summed E-state index contributed by atoms with van der Waals surface area (Å²) in [5, 5.41) is 5.72. The minimum Gasteiger partial charge on any atom is -0.345 e. The Balaban J connectivity index is 1.43. The lowest BCUT2D eigenvalue weighted by molar-refractivity contribution is -0.117. The molecule has 4 rings (SSSR count). The van der Waals surface area contributed by atoms with Crippen LogP contribution < -0.4 is 10.6 Å². The molecule has 6 nitrogen and oxygen atoms in total. The van der Waals surface area contributed by atoms with Crippen LogP contribution in [-0.2, 0) is 4.79 Å². The van der Waals surface area contributed by atoms with Gasteiger partial charge in [0.1, 0.15) is 0 Å². The number of rotatable bonds is 4. The number of amides is 2. The molecular weight excluding hydrogens is 304 g/mol. The molecule has 1 saturated carbocycles. The fraction of sp³-hybridized carbons (Fsp3) is 0.167. The average Bonchev–Trinajstić information content (AvgIpc) is 3.34. The van der Waals surface area contributed by atoms with Crippen LogP contribution in [0, 0.1) is 5.92 Å². The molecule has 0 spiro atoms. The summed E-state index contributed by atoms with van der Waals surface area (Å²) in [6, 6.07) is 12.4. The van der Waals surface area contributed by atoms with E-state index in [1.54, 1.807) is 48.8 Å². The Morgan fingerprint density at radius 1 is 1.00 bits per heavy atom. The van der Waals surface area contributed by atoms with Crippen molar-refractivity contribution in [3.8, 4) is 0 Å². The van der Waals surface area contributed by atoms with Crippen LogP contribution in [0.15, 0.2) is 48.8 Å². The van der Waals surface area contributed by atoms with Crippen LogP contribution in [0.4, 0.5) is 11.4 Å². The highest BCUT2D eigenvalue weighted by molar-refractivity contribution is 6.06. The number of carbonyl (C=O) groups excluding carboxylic acids is 2. The fourth-order valence-corrected chi connectivity index (χ4v) is 2.51. The molecule has 24 heavy (non-hydrogen) atoms. The molecule has 3 aromatic rings. The number of aromatic amines is 1. The molecule has 6 heteroatoms. The van der Waals surface area contributed by atoms with Gasteiger partial charge in [0.15, 0.2) is 0 Å². The summed E-state index contributed by atoms with van der Waals surface area (Å²) in [5.41, 5.74) is 3.61. The van der Waals surface area contributed by atoms with Crippen molar-refractivity contribution < 1.29 is 9.59 Å². The van der Waals surface area contributed by atoms with E-state index < -0.39 is 0 Å². The number of benzene rings is 2. The van der Waals surface area contributed by atoms with Crippen molar-refractivity contribution in [2.45, 2.75) is 12.8 Å². The lowest BCUT2D eigenvalue weighted by Crippen LogP contribution is -2.14. The number of imidazole rings is 1. The van der Waals surface area contributed by atoms with Crippen molar-refractivity contribution in [1.82, 2.24) is 9.97 Å². The number of hydrogen-bond acceptors (Lipinski definition) is 3. The van der Waals surface area contributed by atoms with E-state index in [0.29, 0.717) is 11.3 Å². The molecule has 0 unspecified atom stereocenters. The van der Waals surface area contributed by atoms with Gasteiger partial charge in [0.25, 0.3) is 5.91 Å². The number of carbonyl (C=O) groups is 2. The number of nitrogens with one attached hydrogen (secondary N) is 3. The van der Waals surface area contributed by atoms with E-state index in [2.05, 4.69) is 20.6 Å². The SMILES string of the molecule is O=C(Nc1ccc(NC(=O)C2CC2)cc1)c1ccc2nc[nH]c2c1. The van der Waals surface area contributed by atoms with Crippen LogP contribution in [0.3, 0.4) is 0 Å². The van der Waals surface area contributed by atoms with Crippen molar-refractivity contribution in [2.24, 2.45) is 5.92 Å². The Hall–Kier alpha value is -3.15. The summed E-state index contributed by atoms with van der Waals surface area (Å²) >= 11 is 0. The van der Waals surface area contributed by atoms with Crippen molar-refractivity contribution in [3.05, 3.63) is 54.4 Å². The van der Waals surface area contributed by atoms with E-state index in [4.69, 9.17) is 0 Å². The largest absolute Gasteiger partial charge is 0.345 e. The molecule has 1 fully saturated rings. The molecule has 0 aliphatic heterocycles. The summed E-state index contributed by atoms with van der Waals surface area (Å²) in [6.45, 7) is 0. The van der Waals surface area contributed by atoms with E-state index in [1.165, 1.54) is 0 Å². The second kappa shape index (κ2) is 5.81. The molecule has 2 amide bonds. The normalized spacial score (nSPS) is 13.7. The highest BCUT2D eigenvalue weighted by atomic mass is 16.2. The van der Waals surface area contributed by atoms with Crippen molar-refractivity contribution in [1.29, 1.82) is 0 Å². The maximum Gasteiger partial charge on any atom is 0.255 e. The third kappa shape index (κ3) is 2.99.